The number of aryl methyl sites for hydroxylation is 1. The van der Waals surface area contributed by atoms with E-state index in [0.717, 1.165) is 6.07 Å². The summed E-state index contributed by atoms with van der Waals surface area (Å²) in [6.45, 7) is -0.0319. The molecular formula is C25H22F2N6O3. The Morgan fingerprint density at radius 1 is 1.06 bits per heavy atom. The summed E-state index contributed by atoms with van der Waals surface area (Å²) < 4.78 is 44.5. The first-order valence-electron chi connectivity index (χ1n) is 10.9. The monoisotopic (exact) mass is 492 g/mol. The summed E-state index contributed by atoms with van der Waals surface area (Å²) in [5.41, 5.74) is 0.698. The number of halogens is 2. The van der Waals surface area contributed by atoms with Gasteiger partial charge in [0.2, 0.25) is 0 Å². The highest BCUT2D eigenvalue weighted by Gasteiger charge is 2.27. The van der Waals surface area contributed by atoms with Gasteiger partial charge in [-0.1, -0.05) is 0 Å². The molecule has 0 aliphatic heterocycles. The van der Waals surface area contributed by atoms with E-state index in [4.69, 9.17) is 9.47 Å². The molecule has 3 heterocycles. The highest BCUT2D eigenvalue weighted by Crippen LogP contribution is 2.41. The first-order valence-corrected chi connectivity index (χ1v) is 10.9. The number of anilines is 2. The zero-order valence-corrected chi connectivity index (χ0v) is 19.7. The molecule has 184 valence electrons. The van der Waals surface area contributed by atoms with Gasteiger partial charge in [-0.25, -0.2) is 18.7 Å². The van der Waals surface area contributed by atoms with E-state index in [1.165, 1.54) is 36.2 Å². The highest BCUT2D eigenvalue weighted by atomic mass is 19.1. The maximum atomic E-state index is 15.5. The van der Waals surface area contributed by atoms with Crippen LogP contribution in [-0.2, 0) is 13.6 Å². The number of rotatable bonds is 7. The van der Waals surface area contributed by atoms with Gasteiger partial charge in [0, 0.05) is 43.6 Å². The molecule has 11 heteroatoms. The van der Waals surface area contributed by atoms with Gasteiger partial charge in [0.25, 0.3) is 5.56 Å². The van der Waals surface area contributed by atoms with Crippen LogP contribution < -0.4 is 19.9 Å². The third-order valence-electron chi connectivity index (χ3n) is 5.83. The standard InChI is InChI=1S/C25H22F2N6O3/c1-31-9-6-16(12-31)33-14-30-18-5-4-15(10-17(18)25(33)34)32(13-21-28-7-8-29-21)24-22(26)19(35-2)11-20(36-3)23(24)27/h4-12,14H,13H2,1-3H3,(H,28,29). The van der Waals surface area contributed by atoms with E-state index in [1.807, 2.05) is 17.8 Å². The maximum Gasteiger partial charge on any atom is 0.265 e. The van der Waals surface area contributed by atoms with Crippen molar-refractivity contribution in [3.05, 3.63) is 89.3 Å². The number of H-pyrrole nitrogens is 1. The summed E-state index contributed by atoms with van der Waals surface area (Å²) in [4.78, 5) is 26.3. The number of hydrogen-bond donors (Lipinski definition) is 1. The van der Waals surface area contributed by atoms with Crippen molar-refractivity contribution in [3.8, 4) is 17.2 Å². The van der Waals surface area contributed by atoms with E-state index in [0.29, 0.717) is 22.7 Å². The van der Waals surface area contributed by atoms with Crippen LogP contribution in [0, 0.1) is 11.6 Å². The average molecular weight is 492 g/mol. The van der Waals surface area contributed by atoms with E-state index < -0.39 is 17.3 Å². The molecule has 1 N–H and O–H groups in total. The fourth-order valence-electron chi connectivity index (χ4n) is 4.04. The quantitative estimate of drug-likeness (QED) is 0.368. The van der Waals surface area contributed by atoms with Gasteiger partial charge in [-0.15, -0.1) is 0 Å². The van der Waals surface area contributed by atoms with Crippen LogP contribution in [0.15, 0.2) is 66.2 Å². The van der Waals surface area contributed by atoms with Crippen LogP contribution in [-0.4, -0.2) is 38.3 Å². The van der Waals surface area contributed by atoms with E-state index in [2.05, 4.69) is 15.0 Å². The Morgan fingerprint density at radius 3 is 2.42 bits per heavy atom. The number of imidazole rings is 1. The molecule has 0 atom stereocenters. The molecule has 0 fully saturated rings. The summed E-state index contributed by atoms with van der Waals surface area (Å²) in [6.07, 6.45) is 8.20. The Morgan fingerprint density at radius 2 is 1.81 bits per heavy atom. The van der Waals surface area contributed by atoms with Crippen molar-refractivity contribution in [1.82, 2.24) is 24.1 Å². The Kier molecular flexibility index (Phi) is 5.88. The van der Waals surface area contributed by atoms with Crippen molar-refractivity contribution in [3.63, 3.8) is 0 Å². The van der Waals surface area contributed by atoms with Crippen LogP contribution >= 0.6 is 0 Å². The molecule has 3 aromatic heterocycles. The lowest BCUT2D eigenvalue weighted by molar-refractivity contribution is 0.358. The highest BCUT2D eigenvalue weighted by molar-refractivity contribution is 5.84. The lowest BCUT2D eigenvalue weighted by atomic mass is 10.1. The van der Waals surface area contributed by atoms with Gasteiger partial charge in [0.1, 0.15) is 17.8 Å². The number of aromatic nitrogens is 5. The molecule has 0 radical (unpaired) electrons. The van der Waals surface area contributed by atoms with E-state index in [1.54, 1.807) is 36.7 Å². The van der Waals surface area contributed by atoms with Crippen molar-refractivity contribution in [2.45, 2.75) is 6.54 Å². The molecule has 0 bridgehead atoms. The van der Waals surface area contributed by atoms with Crippen molar-refractivity contribution in [2.75, 3.05) is 19.1 Å². The number of methoxy groups -OCH3 is 2. The van der Waals surface area contributed by atoms with Gasteiger partial charge in [-0.2, -0.15) is 0 Å². The Labute approximate surface area is 204 Å². The van der Waals surface area contributed by atoms with Crippen LogP contribution in [0.4, 0.5) is 20.2 Å². The first-order chi connectivity index (χ1) is 17.4. The summed E-state index contributed by atoms with van der Waals surface area (Å²) in [6, 6.07) is 7.74. The van der Waals surface area contributed by atoms with Gasteiger partial charge >= 0.3 is 0 Å². The number of nitrogens with one attached hydrogen (secondary N) is 1. The predicted molar refractivity (Wildman–Crippen MR) is 130 cm³/mol. The summed E-state index contributed by atoms with van der Waals surface area (Å²) in [5.74, 6) is -1.78. The zero-order chi connectivity index (χ0) is 25.4. The number of aromatic amines is 1. The molecule has 5 aromatic rings. The summed E-state index contributed by atoms with van der Waals surface area (Å²) in [5, 5.41) is 0.277. The normalized spacial score (nSPS) is 11.1. The van der Waals surface area contributed by atoms with Crippen LogP contribution in [0.1, 0.15) is 5.82 Å². The van der Waals surface area contributed by atoms with Crippen molar-refractivity contribution < 1.29 is 18.3 Å². The molecule has 0 spiro atoms. The predicted octanol–water partition coefficient (Wildman–Crippen LogP) is 4.08. The number of fused-ring (bicyclic) bond motifs is 1. The lowest BCUT2D eigenvalue weighted by Crippen LogP contribution is -2.22. The van der Waals surface area contributed by atoms with Crippen LogP contribution in [0.5, 0.6) is 11.5 Å². The SMILES string of the molecule is COc1cc(OC)c(F)c(N(Cc2ncc[nH]2)c2ccc3ncn(-c4ccn(C)c4)c(=O)c3c2)c1F. The van der Waals surface area contributed by atoms with Crippen molar-refractivity contribution >= 4 is 22.3 Å². The number of nitrogens with zero attached hydrogens (tertiary/aromatic N) is 5. The van der Waals surface area contributed by atoms with Gasteiger partial charge in [-0.3, -0.25) is 9.36 Å². The molecule has 0 saturated carbocycles. The molecule has 2 aromatic carbocycles. The first kappa shape index (κ1) is 23.1. The van der Waals surface area contributed by atoms with Crippen molar-refractivity contribution in [1.29, 1.82) is 0 Å². The van der Waals surface area contributed by atoms with E-state index in [9.17, 15) is 4.79 Å². The van der Waals surface area contributed by atoms with Crippen molar-refractivity contribution in [2.24, 2.45) is 7.05 Å². The van der Waals surface area contributed by atoms with E-state index in [-0.39, 0.29) is 29.0 Å². The molecule has 0 aliphatic rings. The third kappa shape index (κ3) is 3.94. The van der Waals surface area contributed by atoms with Gasteiger partial charge in [0.15, 0.2) is 23.1 Å². The number of hydrogen-bond acceptors (Lipinski definition) is 6. The fraction of sp³-hybridized carbons (Fsp3) is 0.160. The second kappa shape index (κ2) is 9.17. The molecule has 0 aliphatic carbocycles. The molecule has 0 saturated heterocycles. The number of benzene rings is 2. The average Bonchev–Trinajstić information content (AvgIpc) is 3.55. The minimum absolute atomic E-state index is 0.0319. The van der Waals surface area contributed by atoms with Gasteiger partial charge < -0.3 is 23.9 Å². The smallest absolute Gasteiger partial charge is 0.265 e. The molecule has 5 rings (SSSR count). The van der Waals surface area contributed by atoms with E-state index >= 15 is 8.78 Å². The Bertz CT molecular complexity index is 1580. The molecular weight excluding hydrogens is 470 g/mol. The summed E-state index contributed by atoms with van der Waals surface area (Å²) >= 11 is 0. The van der Waals surface area contributed by atoms with Crippen LogP contribution in [0.25, 0.3) is 16.6 Å². The second-order valence-corrected chi connectivity index (χ2v) is 8.04. The number of ether oxygens (including phenoxy) is 2. The largest absolute Gasteiger partial charge is 0.493 e. The Balaban J connectivity index is 1.73. The van der Waals surface area contributed by atoms with Gasteiger partial charge in [0.05, 0.1) is 37.4 Å². The third-order valence-corrected chi connectivity index (χ3v) is 5.83. The fourth-order valence-corrected chi connectivity index (χ4v) is 4.04. The zero-order valence-electron chi connectivity index (χ0n) is 19.7. The second-order valence-electron chi connectivity index (χ2n) is 8.04. The lowest BCUT2D eigenvalue weighted by Gasteiger charge is -2.26. The molecule has 0 amide bonds. The topological polar surface area (TPSA) is 90.2 Å². The van der Waals surface area contributed by atoms with Gasteiger partial charge in [-0.05, 0) is 24.3 Å². The van der Waals surface area contributed by atoms with Crippen LogP contribution in [0.2, 0.25) is 0 Å². The Hall–Kier alpha value is -4.67. The van der Waals surface area contributed by atoms with Crippen LogP contribution in [0.3, 0.4) is 0 Å². The molecule has 36 heavy (non-hydrogen) atoms. The minimum atomic E-state index is -0.921. The maximum absolute atomic E-state index is 15.5. The molecule has 0 unspecified atom stereocenters. The molecule has 9 nitrogen and oxygen atoms in total. The summed E-state index contributed by atoms with van der Waals surface area (Å²) in [7, 11) is 4.41. The minimum Gasteiger partial charge on any atom is -0.493 e.